The van der Waals surface area contributed by atoms with E-state index in [1.165, 1.54) is 13.8 Å². The van der Waals surface area contributed by atoms with Crippen molar-refractivity contribution in [1.82, 2.24) is 0 Å². The van der Waals surface area contributed by atoms with Crippen molar-refractivity contribution >= 4 is 30.2 Å². The number of rotatable bonds is 9. The van der Waals surface area contributed by atoms with Crippen LogP contribution in [0.15, 0.2) is 12.2 Å². The van der Waals surface area contributed by atoms with Crippen molar-refractivity contribution in [2.45, 2.75) is 170 Å². The summed E-state index contributed by atoms with van der Waals surface area (Å²) >= 11 is 0. The van der Waals surface area contributed by atoms with E-state index in [0.717, 1.165) is 70.3 Å². The molecule has 0 spiro atoms. The molecule has 0 amide bonds. The molecule has 302 valence electrons. The topological polar surface area (TPSA) is 152 Å². The Kier molecular flexibility index (Phi) is 10.8. The first-order valence-corrected chi connectivity index (χ1v) is 20.3. The van der Waals surface area contributed by atoms with E-state index in [4.69, 9.17) is 23.7 Å². The lowest BCUT2D eigenvalue weighted by atomic mass is 9.32. The van der Waals surface area contributed by atoms with E-state index in [9.17, 15) is 29.1 Å². The van der Waals surface area contributed by atoms with Crippen molar-refractivity contribution in [3.63, 3.8) is 0 Å². The number of ether oxygens (including phenoxy) is 5. The van der Waals surface area contributed by atoms with Crippen LogP contribution in [0.25, 0.3) is 0 Å². The van der Waals surface area contributed by atoms with E-state index >= 15 is 0 Å². The van der Waals surface area contributed by atoms with Gasteiger partial charge in [-0.25, -0.2) is 0 Å². The first-order valence-electron chi connectivity index (χ1n) is 20.3. The molecule has 6 unspecified atom stereocenters. The van der Waals surface area contributed by atoms with Crippen molar-refractivity contribution in [2.75, 3.05) is 0 Å². The fourth-order valence-corrected chi connectivity index (χ4v) is 14.2. The molecule has 1 saturated heterocycles. The molecule has 15 atom stereocenters. The van der Waals surface area contributed by atoms with E-state index in [-0.39, 0.29) is 45.4 Å². The zero-order valence-electron chi connectivity index (χ0n) is 33.9. The van der Waals surface area contributed by atoms with E-state index in [1.807, 2.05) is 0 Å². The summed E-state index contributed by atoms with van der Waals surface area (Å²) < 4.78 is 28.2. The number of carbonyl (C=O) groups excluding carboxylic acids is 5. The van der Waals surface area contributed by atoms with Crippen LogP contribution in [-0.2, 0) is 47.7 Å². The number of hydrogen-bond donors (Lipinski definition) is 1. The second-order valence-electron chi connectivity index (χ2n) is 19.4. The zero-order chi connectivity index (χ0) is 39.8. The summed E-state index contributed by atoms with van der Waals surface area (Å²) in [6.07, 6.45) is 1.81. The van der Waals surface area contributed by atoms with Gasteiger partial charge in [-0.3, -0.25) is 24.0 Å². The maximum Gasteiger partial charge on any atom is 0.303 e. The van der Waals surface area contributed by atoms with Crippen LogP contribution in [0.2, 0.25) is 0 Å². The Bertz CT molecular complexity index is 1540. The zero-order valence-corrected chi connectivity index (χ0v) is 33.9. The molecular formula is C43H64O11. The Morgan fingerprint density at radius 2 is 1.44 bits per heavy atom. The molecule has 0 aromatic carbocycles. The number of Topliss-reactive ketones (excluding diaryl/α,β-unsaturated/α-hetero) is 1. The van der Waals surface area contributed by atoms with Gasteiger partial charge in [0.25, 0.3) is 6.47 Å². The standard InChI is InChI=1S/C43H64O11/c1-23(2)27-13-18-43(21-29(48)34-35(51-24(3)45)36(52-25(4)46)37(53-26(5)47)38(54-34)50-22-44)20-19-41(9)28(33(27)43)11-12-31-40(8)16-15-32(49)39(6,7)30(40)14-17-42(31,41)10/h22,27-31,33-38,48H,1,11-21H2,2-10H3/t27-,28?,29+,30?,31?,33?,34-,35?,36+,37-,38?,40-,41+,42+,43+/m0/s1. The quantitative estimate of drug-likeness (QED) is 0.116. The largest absolute Gasteiger partial charge is 0.456 e. The summed E-state index contributed by atoms with van der Waals surface area (Å²) in [5, 5.41) is 12.4. The van der Waals surface area contributed by atoms with Crippen LogP contribution in [0, 0.1) is 56.7 Å². The molecule has 0 aromatic rings. The summed E-state index contributed by atoms with van der Waals surface area (Å²) in [7, 11) is 0. The fourth-order valence-electron chi connectivity index (χ4n) is 14.2. The van der Waals surface area contributed by atoms with Gasteiger partial charge < -0.3 is 28.8 Å². The van der Waals surface area contributed by atoms with Crippen LogP contribution in [-0.4, -0.2) is 72.1 Å². The molecule has 1 aliphatic heterocycles. The normalized spacial score (nSPS) is 45.6. The number of aliphatic hydroxyl groups is 1. The van der Waals surface area contributed by atoms with Gasteiger partial charge in [0.15, 0.2) is 12.2 Å². The minimum Gasteiger partial charge on any atom is -0.456 e. The molecule has 6 aliphatic rings. The van der Waals surface area contributed by atoms with Gasteiger partial charge in [0.1, 0.15) is 11.9 Å². The molecule has 1 N–H and O–H groups in total. The van der Waals surface area contributed by atoms with Gasteiger partial charge >= 0.3 is 17.9 Å². The van der Waals surface area contributed by atoms with E-state index < -0.39 is 54.7 Å². The molecule has 0 aromatic heterocycles. The van der Waals surface area contributed by atoms with Gasteiger partial charge in [0.05, 0.1) is 6.10 Å². The number of carbonyl (C=O) groups is 5. The summed E-state index contributed by atoms with van der Waals surface area (Å²) in [6.45, 7) is 22.3. The molecule has 1 heterocycles. The summed E-state index contributed by atoms with van der Waals surface area (Å²) in [5.74, 6) is -0.0108. The third-order valence-corrected chi connectivity index (χ3v) is 16.6. The summed E-state index contributed by atoms with van der Waals surface area (Å²) in [5.41, 5.74) is 0.773. The van der Waals surface area contributed by atoms with Gasteiger partial charge in [-0.05, 0) is 122 Å². The molecule has 5 aliphatic carbocycles. The Labute approximate surface area is 321 Å². The predicted molar refractivity (Wildman–Crippen MR) is 197 cm³/mol. The highest BCUT2D eigenvalue weighted by Gasteiger charge is 2.71. The number of aliphatic hydroxyl groups excluding tert-OH is 1. The summed E-state index contributed by atoms with van der Waals surface area (Å²) in [4.78, 5) is 61.9. The highest BCUT2D eigenvalue weighted by atomic mass is 16.7. The summed E-state index contributed by atoms with van der Waals surface area (Å²) in [6, 6.07) is 0. The molecule has 11 nitrogen and oxygen atoms in total. The second-order valence-corrected chi connectivity index (χ2v) is 19.4. The van der Waals surface area contributed by atoms with E-state index in [1.54, 1.807) is 0 Å². The Balaban J connectivity index is 1.34. The van der Waals surface area contributed by atoms with Crippen LogP contribution < -0.4 is 0 Å². The van der Waals surface area contributed by atoms with Gasteiger partial charge in [0, 0.05) is 32.6 Å². The average Bonchev–Trinajstić information content (AvgIpc) is 3.45. The van der Waals surface area contributed by atoms with Crippen molar-refractivity contribution in [3.8, 4) is 0 Å². The number of esters is 3. The minimum atomic E-state index is -1.52. The SMILES string of the molecule is C=C(C)[C@@H]1CC[C@]2(C[C@@H](O)[C@@H]3OC(OC=O)[C@@H](OC(C)=O)[C@H](OC(C)=O)C3OC(C)=O)CC[C@]3(C)C(CCC4[C@@]5(C)CCC(=O)C(C)(C)C5CC[C@]43C)C12. The van der Waals surface area contributed by atoms with Crippen molar-refractivity contribution < 1.29 is 52.8 Å². The molecule has 0 radical (unpaired) electrons. The second kappa shape index (κ2) is 14.3. The molecule has 6 fully saturated rings. The highest BCUT2D eigenvalue weighted by Crippen LogP contribution is 2.77. The van der Waals surface area contributed by atoms with Gasteiger partial charge in [-0.15, -0.1) is 0 Å². The van der Waals surface area contributed by atoms with E-state index in [2.05, 4.69) is 48.1 Å². The van der Waals surface area contributed by atoms with Crippen LogP contribution >= 0.6 is 0 Å². The minimum absolute atomic E-state index is 0.0365. The lowest BCUT2D eigenvalue weighted by molar-refractivity contribution is -0.307. The molecule has 0 bridgehead atoms. The monoisotopic (exact) mass is 756 g/mol. The first-order chi connectivity index (χ1) is 25.2. The van der Waals surface area contributed by atoms with Crippen LogP contribution in [0.5, 0.6) is 0 Å². The number of fused-ring (bicyclic) bond motifs is 7. The lowest BCUT2D eigenvalue weighted by Crippen LogP contribution is -2.67. The smallest absolute Gasteiger partial charge is 0.303 e. The number of ketones is 1. The number of allylic oxidation sites excluding steroid dienone is 1. The maximum absolute atomic E-state index is 13.2. The van der Waals surface area contributed by atoms with Gasteiger partial charge in [-0.1, -0.05) is 46.8 Å². The third-order valence-electron chi connectivity index (χ3n) is 16.6. The Morgan fingerprint density at radius 1 is 0.815 bits per heavy atom. The molecule has 5 saturated carbocycles. The lowest BCUT2D eigenvalue weighted by Gasteiger charge is -2.72. The van der Waals surface area contributed by atoms with Gasteiger partial charge in [-0.2, -0.15) is 0 Å². The molecule has 54 heavy (non-hydrogen) atoms. The molecule has 11 heteroatoms. The maximum atomic E-state index is 13.2. The molecule has 6 rings (SSSR count). The van der Waals surface area contributed by atoms with Crippen LogP contribution in [0.4, 0.5) is 0 Å². The average molecular weight is 757 g/mol. The Morgan fingerprint density at radius 3 is 2.06 bits per heavy atom. The Hall–Kier alpha value is -2.79. The van der Waals surface area contributed by atoms with Crippen LogP contribution in [0.3, 0.4) is 0 Å². The van der Waals surface area contributed by atoms with Crippen molar-refractivity contribution in [2.24, 2.45) is 56.7 Å². The van der Waals surface area contributed by atoms with Crippen molar-refractivity contribution in [3.05, 3.63) is 12.2 Å². The fraction of sp³-hybridized carbons (Fsp3) is 0.837. The van der Waals surface area contributed by atoms with E-state index in [0.29, 0.717) is 36.4 Å². The molecular weight excluding hydrogens is 692 g/mol. The van der Waals surface area contributed by atoms with Crippen LogP contribution in [0.1, 0.15) is 133 Å². The van der Waals surface area contributed by atoms with Gasteiger partial charge in [0.2, 0.25) is 12.4 Å². The van der Waals surface area contributed by atoms with Crippen molar-refractivity contribution in [1.29, 1.82) is 0 Å². The third kappa shape index (κ3) is 6.35. The number of hydrogen-bond acceptors (Lipinski definition) is 11. The predicted octanol–water partition coefficient (Wildman–Crippen LogP) is 6.66. The first kappa shape index (κ1) is 40.9. The highest BCUT2D eigenvalue weighted by molar-refractivity contribution is 5.85.